The molecule has 1 aliphatic heterocycles. The molecule has 0 saturated carbocycles. The van der Waals surface area contributed by atoms with E-state index in [4.69, 9.17) is 0 Å². The number of hydrogen-bond donors (Lipinski definition) is 2. The molecule has 1 fully saturated rings. The third-order valence-corrected chi connectivity index (χ3v) is 3.69. The summed E-state index contributed by atoms with van der Waals surface area (Å²) in [5.41, 5.74) is 1.21. The molecule has 0 bridgehead atoms. The van der Waals surface area contributed by atoms with Crippen LogP contribution in [0.5, 0.6) is 5.75 Å². The average molecular weight is 322 g/mol. The molecule has 0 atom stereocenters. The van der Waals surface area contributed by atoms with Gasteiger partial charge in [0.05, 0.1) is 5.69 Å². The summed E-state index contributed by atoms with van der Waals surface area (Å²) in [5.74, 6) is -1.59. The molecule has 2 aromatic rings. The zero-order valence-corrected chi connectivity index (χ0v) is 12.8. The van der Waals surface area contributed by atoms with Crippen molar-refractivity contribution < 1.29 is 19.5 Å². The number of hydrogen-bond acceptors (Lipinski definition) is 4. The van der Waals surface area contributed by atoms with Crippen LogP contribution in [0.15, 0.2) is 54.1 Å². The zero-order valence-electron chi connectivity index (χ0n) is 12.8. The lowest BCUT2D eigenvalue weighted by atomic mass is 10.1. The highest BCUT2D eigenvalue weighted by Gasteiger charge is 2.37. The first-order valence-electron chi connectivity index (χ1n) is 7.24. The van der Waals surface area contributed by atoms with Crippen LogP contribution in [-0.2, 0) is 9.59 Å². The first-order valence-corrected chi connectivity index (χ1v) is 7.24. The van der Waals surface area contributed by atoms with Crippen LogP contribution in [0.2, 0.25) is 0 Å². The molecule has 1 aliphatic rings. The summed E-state index contributed by atoms with van der Waals surface area (Å²) >= 11 is 0. The summed E-state index contributed by atoms with van der Waals surface area (Å²) < 4.78 is 0. The highest BCUT2D eigenvalue weighted by Crippen LogP contribution is 2.26. The van der Waals surface area contributed by atoms with E-state index in [1.54, 1.807) is 49.4 Å². The van der Waals surface area contributed by atoms with Gasteiger partial charge in [-0.2, -0.15) is 0 Å². The molecule has 2 aromatic carbocycles. The van der Waals surface area contributed by atoms with Gasteiger partial charge in [-0.15, -0.1) is 0 Å². The second kappa shape index (κ2) is 6.00. The number of aryl methyl sites for hydroxylation is 1. The minimum atomic E-state index is -0.797. The number of amides is 4. The minimum Gasteiger partial charge on any atom is -0.507 e. The Morgan fingerprint density at radius 3 is 2.38 bits per heavy atom. The minimum absolute atomic E-state index is 0.0649. The predicted molar refractivity (Wildman–Crippen MR) is 88.3 cm³/mol. The van der Waals surface area contributed by atoms with Crippen LogP contribution < -0.4 is 10.2 Å². The second-order valence-corrected chi connectivity index (χ2v) is 5.30. The van der Waals surface area contributed by atoms with E-state index in [1.165, 1.54) is 12.1 Å². The van der Waals surface area contributed by atoms with Crippen LogP contribution in [0.3, 0.4) is 0 Å². The average Bonchev–Trinajstić information content (AvgIpc) is 2.54. The van der Waals surface area contributed by atoms with Gasteiger partial charge >= 0.3 is 6.03 Å². The fraction of sp³-hybridized carbons (Fsp3) is 0.0556. The van der Waals surface area contributed by atoms with E-state index in [9.17, 15) is 19.5 Å². The molecule has 0 aliphatic carbocycles. The molecular formula is C18H14N2O4. The molecule has 0 spiro atoms. The summed E-state index contributed by atoms with van der Waals surface area (Å²) in [4.78, 5) is 37.8. The van der Waals surface area contributed by atoms with Crippen LogP contribution in [0.1, 0.15) is 11.1 Å². The zero-order chi connectivity index (χ0) is 17.3. The third-order valence-electron chi connectivity index (χ3n) is 3.69. The Bertz CT molecular complexity index is 886. The van der Waals surface area contributed by atoms with E-state index in [1.807, 2.05) is 0 Å². The molecule has 0 aromatic heterocycles. The lowest BCUT2D eigenvalue weighted by Crippen LogP contribution is -2.54. The van der Waals surface area contributed by atoms with E-state index < -0.39 is 17.8 Å². The summed E-state index contributed by atoms with van der Waals surface area (Å²) in [6.07, 6.45) is 1.27. The van der Waals surface area contributed by atoms with Crippen molar-refractivity contribution in [2.75, 3.05) is 4.90 Å². The number of nitrogens with one attached hydrogen (secondary N) is 1. The molecule has 1 saturated heterocycles. The van der Waals surface area contributed by atoms with Gasteiger partial charge in [0.25, 0.3) is 11.8 Å². The van der Waals surface area contributed by atoms with Crippen molar-refractivity contribution in [2.24, 2.45) is 0 Å². The number of carbonyl (C=O) groups excluding carboxylic acids is 3. The number of phenolic OH excluding ortho intramolecular Hbond substituents is 1. The number of nitrogens with zero attached hydrogens (tertiary/aromatic N) is 1. The molecule has 3 rings (SSSR count). The third kappa shape index (κ3) is 2.65. The Hall–Kier alpha value is -3.41. The van der Waals surface area contributed by atoms with Crippen molar-refractivity contribution in [3.05, 3.63) is 65.2 Å². The topological polar surface area (TPSA) is 86.7 Å². The van der Waals surface area contributed by atoms with E-state index >= 15 is 0 Å². The highest BCUT2D eigenvalue weighted by molar-refractivity contribution is 6.39. The SMILES string of the molecule is Cc1ccccc1N1C(=O)NC(=O)/C(=C\c2ccccc2O)C1=O. The van der Waals surface area contributed by atoms with Gasteiger partial charge in [-0.25, -0.2) is 9.69 Å². The maximum absolute atomic E-state index is 12.7. The number of imide groups is 2. The Labute approximate surface area is 138 Å². The first kappa shape index (κ1) is 15.5. The van der Waals surface area contributed by atoms with Gasteiger partial charge in [-0.05, 0) is 30.7 Å². The number of benzene rings is 2. The van der Waals surface area contributed by atoms with Crippen molar-refractivity contribution >= 4 is 29.6 Å². The van der Waals surface area contributed by atoms with Crippen molar-refractivity contribution in [1.29, 1.82) is 0 Å². The van der Waals surface area contributed by atoms with Gasteiger partial charge in [-0.3, -0.25) is 14.9 Å². The Balaban J connectivity index is 2.07. The van der Waals surface area contributed by atoms with Gasteiger partial charge in [-0.1, -0.05) is 36.4 Å². The molecule has 2 N–H and O–H groups in total. The molecule has 1 heterocycles. The van der Waals surface area contributed by atoms with E-state index in [0.29, 0.717) is 11.3 Å². The number of carbonyl (C=O) groups is 3. The number of para-hydroxylation sites is 2. The number of anilines is 1. The standard InChI is InChI=1S/C18H14N2O4/c1-11-6-2-4-8-14(11)20-17(23)13(16(22)19-18(20)24)10-12-7-3-5-9-15(12)21/h2-10,21H,1H3,(H,19,22,24)/b13-10+. The van der Waals surface area contributed by atoms with E-state index in [2.05, 4.69) is 5.32 Å². The summed E-state index contributed by atoms with van der Waals surface area (Å²) in [7, 11) is 0. The lowest BCUT2D eigenvalue weighted by Gasteiger charge is -2.27. The summed E-state index contributed by atoms with van der Waals surface area (Å²) in [6.45, 7) is 1.76. The summed E-state index contributed by atoms with van der Waals surface area (Å²) in [6, 6.07) is 12.4. The van der Waals surface area contributed by atoms with Crippen molar-refractivity contribution in [3.8, 4) is 5.75 Å². The number of barbiturate groups is 1. The van der Waals surface area contributed by atoms with Gasteiger partial charge in [0.2, 0.25) is 0 Å². The molecule has 6 heteroatoms. The van der Waals surface area contributed by atoms with Crippen molar-refractivity contribution in [3.63, 3.8) is 0 Å². The number of aromatic hydroxyl groups is 1. The lowest BCUT2D eigenvalue weighted by molar-refractivity contribution is -0.122. The van der Waals surface area contributed by atoms with Crippen LogP contribution in [0.4, 0.5) is 10.5 Å². The van der Waals surface area contributed by atoms with E-state index in [-0.39, 0.29) is 11.3 Å². The Morgan fingerprint density at radius 2 is 1.67 bits per heavy atom. The monoisotopic (exact) mass is 322 g/mol. The number of urea groups is 1. The molecule has 0 unspecified atom stereocenters. The van der Waals surface area contributed by atoms with Gasteiger partial charge in [0.15, 0.2) is 0 Å². The van der Waals surface area contributed by atoms with Crippen molar-refractivity contribution in [1.82, 2.24) is 5.32 Å². The van der Waals surface area contributed by atoms with Gasteiger partial charge in [0.1, 0.15) is 11.3 Å². The molecular weight excluding hydrogens is 308 g/mol. The van der Waals surface area contributed by atoms with Crippen LogP contribution in [0.25, 0.3) is 6.08 Å². The Kier molecular flexibility index (Phi) is 3.87. The number of phenols is 1. The smallest absolute Gasteiger partial charge is 0.335 e. The van der Waals surface area contributed by atoms with Crippen LogP contribution >= 0.6 is 0 Å². The largest absolute Gasteiger partial charge is 0.507 e. The van der Waals surface area contributed by atoms with Crippen LogP contribution in [0, 0.1) is 6.92 Å². The maximum atomic E-state index is 12.7. The maximum Gasteiger partial charge on any atom is 0.335 e. The number of rotatable bonds is 2. The summed E-state index contributed by atoms with van der Waals surface area (Å²) in [5, 5.41) is 12.0. The Morgan fingerprint density at radius 1 is 1.00 bits per heavy atom. The van der Waals surface area contributed by atoms with Gasteiger partial charge < -0.3 is 5.11 Å². The van der Waals surface area contributed by atoms with Gasteiger partial charge in [0, 0.05) is 5.56 Å². The van der Waals surface area contributed by atoms with Crippen LogP contribution in [-0.4, -0.2) is 23.0 Å². The van der Waals surface area contributed by atoms with Crippen molar-refractivity contribution in [2.45, 2.75) is 6.92 Å². The second-order valence-electron chi connectivity index (χ2n) is 5.30. The molecule has 24 heavy (non-hydrogen) atoms. The normalized spacial score (nSPS) is 16.5. The van der Waals surface area contributed by atoms with E-state index in [0.717, 1.165) is 10.5 Å². The molecule has 120 valence electrons. The molecule has 4 amide bonds. The fourth-order valence-corrected chi connectivity index (χ4v) is 2.46. The molecule has 6 nitrogen and oxygen atoms in total. The fourth-order valence-electron chi connectivity index (χ4n) is 2.46. The molecule has 0 radical (unpaired) electrons. The predicted octanol–water partition coefficient (Wildman–Crippen LogP) is 2.37. The quantitative estimate of drug-likeness (QED) is 0.656. The highest BCUT2D eigenvalue weighted by atomic mass is 16.3. The first-order chi connectivity index (χ1) is 11.5.